The number of rotatable bonds is 5. The van der Waals surface area contributed by atoms with Gasteiger partial charge in [-0.15, -0.1) is 0 Å². The molecule has 84 valence electrons. The number of unbranched alkanes of at least 4 members (excludes halogenated alkanes) is 1. The van der Waals surface area contributed by atoms with E-state index in [2.05, 4.69) is 53.4 Å². The molecule has 2 nitrogen and oxygen atoms in total. The molecular weight excluding hydrogens is 252 g/mol. The van der Waals surface area contributed by atoms with E-state index in [-0.39, 0.29) is 6.04 Å². The van der Waals surface area contributed by atoms with Gasteiger partial charge in [-0.2, -0.15) is 0 Å². The Hall–Kier alpha value is -0.380. The molecule has 1 atom stereocenters. The Morgan fingerprint density at radius 2 is 2.20 bits per heavy atom. The number of hydrogen-bond acceptors (Lipinski definition) is 2. The molecule has 0 aromatic heterocycles. The maximum Gasteiger partial charge on any atom is 0.0463 e. The van der Waals surface area contributed by atoms with Crippen LogP contribution < -0.4 is 11.3 Å². The van der Waals surface area contributed by atoms with Gasteiger partial charge >= 0.3 is 0 Å². The van der Waals surface area contributed by atoms with E-state index in [1.54, 1.807) is 0 Å². The lowest BCUT2D eigenvalue weighted by molar-refractivity contribution is 0.493. The Morgan fingerprint density at radius 1 is 1.47 bits per heavy atom. The van der Waals surface area contributed by atoms with Crippen LogP contribution >= 0.6 is 15.9 Å². The van der Waals surface area contributed by atoms with Crippen molar-refractivity contribution in [3.8, 4) is 0 Å². The molecule has 0 amide bonds. The number of aryl methyl sites for hydroxylation is 1. The smallest absolute Gasteiger partial charge is 0.0463 e. The van der Waals surface area contributed by atoms with Gasteiger partial charge in [-0.05, 0) is 36.6 Å². The first-order valence-corrected chi connectivity index (χ1v) is 6.20. The second kappa shape index (κ2) is 6.26. The second-order valence-corrected chi connectivity index (χ2v) is 4.78. The number of benzene rings is 1. The van der Waals surface area contributed by atoms with Crippen LogP contribution in [-0.4, -0.2) is 0 Å². The standard InChI is InChI=1S/C12H19BrN2/c1-3-4-5-12(15-14)11-8-10(13)7-6-9(11)2/h6-8,12,15H,3-5,14H2,1-2H3. The molecule has 0 fully saturated rings. The van der Waals surface area contributed by atoms with Crippen molar-refractivity contribution in [2.45, 2.75) is 39.2 Å². The van der Waals surface area contributed by atoms with Gasteiger partial charge in [0.05, 0.1) is 0 Å². The second-order valence-electron chi connectivity index (χ2n) is 3.86. The molecule has 1 aromatic carbocycles. The van der Waals surface area contributed by atoms with Gasteiger partial charge < -0.3 is 0 Å². The van der Waals surface area contributed by atoms with Crippen molar-refractivity contribution in [3.63, 3.8) is 0 Å². The zero-order valence-electron chi connectivity index (χ0n) is 9.39. The summed E-state index contributed by atoms with van der Waals surface area (Å²) in [7, 11) is 0. The zero-order valence-corrected chi connectivity index (χ0v) is 11.0. The topological polar surface area (TPSA) is 38.0 Å². The number of nitrogens with two attached hydrogens (primary N) is 1. The lowest BCUT2D eigenvalue weighted by Crippen LogP contribution is -2.28. The van der Waals surface area contributed by atoms with Crippen LogP contribution in [0, 0.1) is 6.92 Å². The average molecular weight is 271 g/mol. The highest BCUT2D eigenvalue weighted by molar-refractivity contribution is 9.10. The van der Waals surface area contributed by atoms with Crippen LogP contribution in [0.15, 0.2) is 22.7 Å². The van der Waals surface area contributed by atoms with Gasteiger partial charge in [-0.1, -0.05) is 41.8 Å². The quantitative estimate of drug-likeness (QED) is 0.636. The molecule has 1 unspecified atom stereocenters. The molecule has 0 saturated carbocycles. The highest BCUT2D eigenvalue weighted by Crippen LogP contribution is 2.25. The molecule has 0 bridgehead atoms. The van der Waals surface area contributed by atoms with Gasteiger partial charge in [0.15, 0.2) is 0 Å². The van der Waals surface area contributed by atoms with Crippen LogP contribution in [-0.2, 0) is 0 Å². The van der Waals surface area contributed by atoms with E-state index >= 15 is 0 Å². The first-order valence-electron chi connectivity index (χ1n) is 5.41. The number of hydrazine groups is 1. The number of hydrogen-bond donors (Lipinski definition) is 2. The summed E-state index contributed by atoms with van der Waals surface area (Å²) in [5.74, 6) is 5.60. The molecule has 0 spiro atoms. The Labute approximate surface area is 100 Å². The molecule has 0 heterocycles. The molecule has 3 heteroatoms. The Morgan fingerprint density at radius 3 is 2.80 bits per heavy atom. The van der Waals surface area contributed by atoms with Gasteiger partial charge in [0.2, 0.25) is 0 Å². The van der Waals surface area contributed by atoms with Crippen LogP contribution in [0.25, 0.3) is 0 Å². The molecule has 1 rings (SSSR count). The monoisotopic (exact) mass is 270 g/mol. The molecule has 0 saturated heterocycles. The third-order valence-corrected chi connectivity index (χ3v) is 3.16. The molecular formula is C12H19BrN2. The van der Waals surface area contributed by atoms with Crippen LogP contribution in [0.2, 0.25) is 0 Å². The first kappa shape index (κ1) is 12.7. The summed E-state index contributed by atoms with van der Waals surface area (Å²) in [6, 6.07) is 6.60. The van der Waals surface area contributed by atoms with E-state index in [0.717, 1.165) is 10.9 Å². The SMILES string of the molecule is CCCCC(NN)c1cc(Br)ccc1C. The summed E-state index contributed by atoms with van der Waals surface area (Å²) in [5.41, 5.74) is 5.48. The Bertz CT molecular complexity index is 312. The van der Waals surface area contributed by atoms with Crippen molar-refractivity contribution in [3.05, 3.63) is 33.8 Å². The Balaban J connectivity index is 2.85. The van der Waals surface area contributed by atoms with Gasteiger partial charge in [0, 0.05) is 10.5 Å². The molecule has 0 aliphatic rings. The first-order chi connectivity index (χ1) is 7.19. The number of halogens is 1. The van der Waals surface area contributed by atoms with Crippen LogP contribution in [0.3, 0.4) is 0 Å². The zero-order chi connectivity index (χ0) is 11.3. The fraction of sp³-hybridized carbons (Fsp3) is 0.500. The molecule has 0 aliphatic carbocycles. The normalized spacial score (nSPS) is 12.8. The minimum absolute atomic E-state index is 0.266. The molecule has 1 aromatic rings. The van der Waals surface area contributed by atoms with Crippen molar-refractivity contribution in [1.82, 2.24) is 5.43 Å². The average Bonchev–Trinajstić information content (AvgIpc) is 2.24. The van der Waals surface area contributed by atoms with E-state index in [0.29, 0.717) is 0 Å². The van der Waals surface area contributed by atoms with E-state index < -0.39 is 0 Å². The van der Waals surface area contributed by atoms with E-state index in [1.165, 1.54) is 24.0 Å². The van der Waals surface area contributed by atoms with Gasteiger partial charge in [-0.25, -0.2) is 0 Å². The highest BCUT2D eigenvalue weighted by atomic mass is 79.9. The predicted molar refractivity (Wildman–Crippen MR) is 68.5 cm³/mol. The minimum Gasteiger partial charge on any atom is -0.271 e. The largest absolute Gasteiger partial charge is 0.271 e. The molecule has 0 radical (unpaired) electrons. The summed E-state index contributed by atoms with van der Waals surface area (Å²) < 4.78 is 1.11. The maximum absolute atomic E-state index is 5.60. The fourth-order valence-corrected chi connectivity index (χ4v) is 2.10. The van der Waals surface area contributed by atoms with Crippen molar-refractivity contribution in [2.24, 2.45) is 5.84 Å². The van der Waals surface area contributed by atoms with Crippen LogP contribution in [0.1, 0.15) is 43.4 Å². The lowest BCUT2D eigenvalue weighted by Gasteiger charge is -2.18. The summed E-state index contributed by atoms with van der Waals surface area (Å²) in [4.78, 5) is 0. The maximum atomic E-state index is 5.60. The third-order valence-electron chi connectivity index (χ3n) is 2.66. The van der Waals surface area contributed by atoms with Crippen molar-refractivity contribution in [2.75, 3.05) is 0 Å². The van der Waals surface area contributed by atoms with Gasteiger partial charge in [0.25, 0.3) is 0 Å². The summed E-state index contributed by atoms with van der Waals surface area (Å²) in [6.07, 6.45) is 3.48. The summed E-state index contributed by atoms with van der Waals surface area (Å²) in [6.45, 7) is 4.32. The summed E-state index contributed by atoms with van der Waals surface area (Å²) >= 11 is 3.49. The van der Waals surface area contributed by atoms with E-state index in [1.807, 2.05) is 0 Å². The minimum atomic E-state index is 0.266. The van der Waals surface area contributed by atoms with Gasteiger partial charge in [-0.3, -0.25) is 11.3 Å². The third kappa shape index (κ3) is 3.59. The van der Waals surface area contributed by atoms with Crippen molar-refractivity contribution in [1.29, 1.82) is 0 Å². The summed E-state index contributed by atoms with van der Waals surface area (Å²) in [5, 5.41) is 0. The van der Waals surface area contributed by atoms with Crippen LogP contribution in [0.4, 0.5) is 0 Å². The van der Waals surface area contributed by atoms with Crippen molar-refractivity contribution < 1.29 is 0 Å². The number of nitrogens with one attached hydrogen (secondary N) is 1. The fourth-order valence-electron chi connectivity index (χ4n) is 1.72. The lowest BCUT2D eigenvalue weighted by atomic mass is 9.97. The highest BCUT2D eigenvalue weighted by Gasteiger charge is 2.11. The van der Waals surface area contributed by atoms with Crippen LogP contribution in [0.5, 0.6) is 0 Å². The molecule has 0 aliphatic heterocycles. The Kier molecular flexibility index (Phi) is 5.29. The molecule has 15 heavy (non-hydrogen) atoms. The van der Waals surface area contributed by atoms with E-state index in [9.17, 15) is 0 Å². The van der Waals surface area contributed by atoms with Crippen molar-refractivity contribution >= 4 is 15.9 Å². The predicted octanol–water partition coefficient (Wildman–Crippen LogP) is 3.45. The van der Waals surface area contributed by atoms with Gasteiger partial charge in [0.1, 0.15) is 0 Å². The van der Waals surface area contributed by atoms with E-state index in [4.69, 9.17) is 5.84 Å². The molecule has 3 N–H and O–H groups in total.